The van der Waals surface area contributed by atoms with Crippen LogP contribution in [0.25, 0.3) is 0 Å². The molecule has 0 atom stereocenters. The zero-order valence-corrected chi connectivity index (χ0v) is 7.48. The third kappa shape index (κ3) is 1.63. The summed E-state index contributed by atoms with van der Waals surface area (Å²) in [4.78, 5) is 7.89. The van der Waals surface area contributed by atoms with Gasteiger partial charge in [-0.15, -0.1) is 0 Å². The van der Waals surface area contributed by atoms with Crippen molar-refractivity contribution in [1.82, 2.24) is 9.97 Å². The summed E-state index contributed by atoms with van der Waals surface area (Å²) in [5.41, 5.74) is 1.34. The van der Waals surface area contributed by atoms with Crippen molar-refractivity contribution in [3.8, 4) is 6.19 Å². The van der Waals surface area contributed by atoms with E-state index in [0.29, 0.717) is 16.4 Å². The van der Waals surface area contributed by atoms with Gasteiger partial charge in [-0.3, -0.25) is 5.32 Å². The minimum Gasteiger partial charge on any atom is -0.261 e. The van der Waals surface area contributed by atoms with Crippen molar-refractivity contribution >= 4 is 17.5 Å². The first-order valence-corrected chi connectivity index (χ1v) is 3.68. The van der Waals surface area contributed by atoms with Crippen molar-refractivity contribution in [3.05, 3.63) is 16.4 Å². The summed E-state index contributed by atoms with van der Waals surface area (Å²) in [6, 6.07) is 0. The molecule has 4 nitrogen and oxygen atoms in total. The Morgan fingerprint density at radius 2 is 1.83 bits per heavy atom. The van der Waals surface area contributed by atoms with Crippen LogP contribution in [0.15, 0.2) is 0 Å². The second kappa shape index (κ2) is 3.37. The lowest BCUT2D eigenvalue weighted by atomic mass is 10.3. The summed E-state index contributed by atoms with van der Waals surface area (Å²) in [5.74, 6) is 0.289. The van der Waals surface area contributed by atoms with E-state index in [9.17, 15) is 0 Å². The Hall–Kier alpha value is -1.34. The Bertz CT molecular complexity index is 319. The SMILES string of the molecule is Cc1nc(NC#N)nc(C)c1Cl. The van der Waals surface area contributed by atoms with Crippen LogP contribution in [0.4, 0.5) is 5.95 Å². The average molecular weight is 183 g/mol. The molecular formula is C7H7ClN4. The average Bonchev–Trinajstić information content (AvgIpc) is 2.01. The number of anilines is 1. The molecule has 0 unspecified atom stereocenters. The predicted octanol–water partition coefficient (Wildman–Crippen LogP) is 1.64. The van der Waals surface area contributed by atoms with Gasteiger partial charge in [-0.25, -0.2) is 9.97 Å². The largest absolute Gasteiger partial charge is 0.261 e. The number of nitriles is 1. The van der Waals surface area contributed by atoms with Crippen molar-refractivity contribution in [3.63, 3.8) is 0 Å². The number of nitrogens with one attached hydrogen (secondary N) is 1. The van der Waals surface area contributed by atoms with Gasteiger partial charge in [0.15, 0.2) is 6.19 Å². The first-order chi connectivity index (χ1) is 5.65. The van der Waals surface area contributed by atoms with Crippen molar-refractivity contribution in [2.75, 3.05) is 5.32 Å². The van der Waals surface area contributed by atoms with E-state index in [-0.39, 0.29) is 5.95 Å². The molecule has 1 rings (SSSR count). The summed E-state index contributed by atoms with van der Waals surface area (Å²) in [5, 5.41) is 11.2. The van der Waals surface area contributed by atoms with Crippen molar-refractivity contribution in [1.29, 1.82) is 5.26 Å². The molecule has 62 valence electrons. The maximum absolute atomic E-state index is 8.30. The molecule has 0 amide bonds. The molecule has 0 aromatic carbocycles. The summed E-state index contributed by atoms with van der Waals surface area (Å²) < 4.78 is 0. The van der Waals surface area contributed by atoms with Crippen molar-refractivity contribution < 1.29 is 0 Å². The van der Waals surface area contributed by atoms with Gasteiger partial charge in [0.1, 0.15) is 0 Å². The predicted molar refractivity (Wildman–Crippen MR) is 45.8 cm³/mol. The van der Waals surface area contributed by atoms with Crippen LogP contribution in [0.2, 0.25) is 5.02 Å². The summed E-state index contributed by atoms with van der Waals surface area (Å²) >= 11 is 5.81. The molecule has 0 radical (unpaired) electrons. The molecule has 0 fully saturated rings. The Labute approximate surface area is 75.2 Å². The van der Waals surface area contributed by atoms with Gasteiger partial charge in [0.2, 0.25) is 5.95 Å². The van der Waals surface area contributed by atoms with E-state index in [1.165, 1.54) is 0 Å². The van der Waals surface area contributed by atoms with Crippen LogP contribution in [0.3, 0.4) is 0 Å². The first kappa shape index (κ1) is 8.75. The molecule has 0 aliphatic rings. The minimum atomic E-state index is 0.289. The monoisotopic (exact) mass is 182 g/mol. The highest BCUT2D eigenvalue weighted by molar-refractivity contribution is 6.31. The van der Waals surface area contributed by atoms with E-state index in [2.05, 4.69) is 15.3 Å². The molecule has 0 saturated carbocycles. The second-order valence-electron chi connectivity index (χ2n) is 2.27. The number of aromatic nitrogens is 2. The summed E-state index contributed by atoms with van der Waals surface area (Å²) in [6.07, 6.45) is 1.74. The molecule has 1 N–H and O–H groups in total. The second-order valence-corrected chi connectivity index (χ2v) is 2.65. The molecular weight excluding hydrogens is 176 g/mol. The molecule has 0 aliphatic heterocycles. The zero-order chi connectivity index (χ0) is 9.14. The van der Waals surface area contributed by atoms with Gasteiger partial charge < -0.3 is 0 Å². The van der Waals surface area contributed by atoms with E-state index in [0.717, 1.165) is 0 Å². The van der Waals surface area contributed by atoms with Crippen molar-refractivity contribution in [2.24, 2.45) is 0 Å². The normalized spacial score (nSPS) is 9.17. The summed E-state index contributed by atoms with van der Waals surface area (Å²) in [6.45, 7) is 3.53. The van der Waals surface area contributed by atoms with Gasteiger partial charge in [-0.05, 0) is 13.8 Å². The van der Waals surface area contributed by atoms with Gasteiger partial charge in [-0.2, -0.15) is 5.26 Å². The van der Waals surface area contributed by atoms with E-state index < -0.39 is 0 Å². The van der Waals surface area contributed by atoms with Gasteiger partial charge in [0.05, 0.1) is 16.4 Å². The highest BCUT2D eigenvalue weighted by Gasteiger charge is 2.04. The third-order valence-corrected chi connectivity index (χ3v) is 1.90. The number of hydrogen-bond donors (Lipinski definition) is 1. The lowest BCUT2D eigenvalue weighted by Crippen LogP contribution is -2.00. The molecule has 5 heteroatoms. The molecule has 0 saturated heterocycles. The van der Waals surface area contributed by atoms with Crippen LogP contribution < -0.4 is 5.32 Å². The Kier molecular flexibility index (Phi) is 2.46. The van der Waals surface area contributed by atoms with Crippen LogP contribution in [0.1, 0.15) is 11.4 Å². The molecule has 1 aromatic heterocycles. The number of hydrogen-bond acceptors (Lipinski definition) is 4. The smallest absolute Gasteiger partial charge is 0.236 e. The molecule has 1 aromatic rings. The van der Waals surface area contributed by atoms with E-state index in [1.807, 2.05) is 0 Å². The standard InChI is InChI=1S/C7H7ClN4/c1-4-6(8)5(2)12-7(11-4)10-3-9/h1-2H3,(H,10,11,12). The Morgan fingerprint density at radius 1 is 1.33 bits per heavy atom. The van der Waals surface area contributed by atoms with Crippen LogP contribution in [0, 0.1) is 25.3 Å². The van der Waals surface area contributed by atoms with Crippen LogP contribution in [-0.2, 0) is 0 Å². The van der Waals surface area contributed by atoms with Gasteiger partial charge in [0, 0.05) is 0 Å². The molecule has 0 bridgehead atoms. The number of rotatable bonds is 1. The fourth-order valence-corrected chi connectivity index (χ4v) is 0.893. The number of aryl methyl sites for hydroxylation is 2. The Balaban J connectivity index is 3.14. The van der Waals surface area contributed by atoms with E-state index in [1.54, 1.807) is 20.0 Å². The first-order valence-electron chi connectivity index (χ1n) is 3.31. The fourth-order valence-electron chi connectivity index (χ4n) is 0.809. The quantitative estimate of drug-likeness (QED) is 0.530. The van der Waals surface area contributed by atoms with Crippen LogP contribution >= 0.6 is 11.6 Å². The lowest BCUT2D eigenvalue weighted by molar-refractivity contribution is 1.06. The maximum Gasteiger partial charge on any atom is 0.236 e. The molecule has 0 aliphatic carbocycles. The minimum absolute atomic E-state index is 0.289. The molecule has 1 heterocycles. The highest BCUT2D eigenvalue weighted by atomic mass is 35.5. The lowest BCUT2D eigenvalue weighted by Gasteiger charge is -2.02. The van der Waals surface area contributed by atoms with E-state index >= 15 is 0 Å². The topological polar surface area (TPSA) is 61.6 Å². The summed E-state index contributed by atoms with van der Waals surface area (Å²) in [7, 11) is 0. The van der Waals surface area contributed by atoms with Gasteiger partial charge in [0.25, 0.3) is 0 Å². The van der Waals surface area contributed by atoms with Gasteiger partial charge in [-0.1, -0.05) is 11.6 Å². The fraction of sp³-hybridized carbons (Fsp3) is 0.286. The Morgan fingerprint density at radius 3 is 2.25 bits per heavy atom. The van der Waals surface area contributed by atoms with Crippen LogP contribution in [0.5, 0.6) is 0 Å². The van der Waals surface area contributed by atoms with Crippen LogP contribution in [-0.4, -0.2) is 9.97 Å². The number of nitrogens with zero attached hydrogens (tertiary/aromatic N) is 3. The van der Waals surface area contributed by atoms with Crippen molar-refractivity contribution in [2.45, 2.75) is 13.8 Å². The third-order valence-electron chi connectivity index (χ3n) is 1.35. The maximum atomic E-state index is 8.30. The van der Waals surface area contributed by atoms with Gasteiger partial charge >= 0.3 is 0 Å². The van der Waals surface area contributed by atoms with E-state index in [4.69, 9.17) is 16.9 Å². The number of halogens is 1. The molecule has 0 spiro atoms. The zero-order valence-electron chi connectivity index (χ0n) is 6.72. The molecule has 12 heavy (non-hydrogen) atoms. The highest BCUT2D eigenvalue weighted by Crippen LogP contribution is 2.17.